The summed E-state index contributed by atoms with van der Waals surface area (Å²) in [6, 6.07) is 3.77. The van der Waals surface area contributed by atoms with Crippen LogP contribution in [0.1, 0.15) is 38.2 Å². The summed E-state index contributed by atoms with van der Waals surface area (Å²) in [6.45, 7) is 3.80. The summed E-state index contributed by atoms with van der Waals surface area (Å²) in [4.78, 5) is 0.155. The SMILES string of the molecule is Cc1cc(F)ccc1S(=O)(=O)NC1(CBr)CCC(C)CC1. The zero-order valence-electron chi connectivity index (χ0n) is 12.3. The molecule has 2 rings (SSSR count). The average Bonchev–Trinajstić information content (AvgIpc) is 2.41. The molecule has 1 N–H and O–H groups in total. The van der Waals surface area contributed by atoms with Crippen molar-refractivity contribution in [3.05, 3.63) is 29.6 Å². The molecule has 0 spiro atoms. The van der Waals surface area contributed by atoms with Crippen LogP contribution >= 0.6 is 15.9 Å². The van der Waals surface area contributed by atoms with Crippen molar-refractivity contribution in [3.8, 4) is 0 Å². The zero-order valence-corrected chi connectivity index (χ0v) is 14.7. The lowest BCUT2D eigenvalue weighted by atomic mass is 9.79. The van der Waals surface area contributed by atoms with Gasteiger partial charge in [0.05, 0.1) is 4.90 Å². The van der Waals surface area contributed by atoms with Crippen LogP contribution in [0.2, 0.25) is 0 Å². The maximum Gasteiger partial charge on any atom is 0.241 e. The van der Waals surface area contributed by atoms with E-state index >= 15 is 0 Å². The number of rotatable bonds is 4. The van der Waals surface area contributed by atoms with Gasteiger partial charge >= 0.3 is 0 Å². The summed E-state index contributed by atoms with van der Waals surface area (Å²) >= 11 is 3.46. The van der Waals surface area contributed by atoms with E-state index in [0.29, 0.717) is 16.8 Å². The molecule has 118 valence electrons. The van der Waals surface area contributed by atoms with Gasteiger partial charge in [-0.3, -0.25) is 0 Å². The van der Waals surface area contributed by atoms with Crippen LogP contribution in [0.15, 0.2) is 23.1 Å². The Morgan fingerprint density at radius 3 is 2.52 bits per heavy atom. The molecule has 0 amide bonds. The number of benzene rings is 1. The van der Waals surface area contributed by atoms with Crippen LogP contribution in [0.4, 0.5) is 4.39 Å². The van der Waals surface area contributed by atoms with Crippen LogP contribution in [0.3, 0.4) is 0 Å². The number of hydrogen-bond acceptors (Lipinski definition) is 2. The van der Waals surface area contributed by atoms with Crippen LogP contribution in [0.25, 0.3) is 0 Å². The van der Waals surface area contributed by atoms with Crippen molar-refractivity contribution in [1.29, 1.82) is 0 Å². The molecule has 0 aliphatic heterocycles. The minimum absolute atomic E-state index is 0.155. The van der Waals surface area contributed by atoms with Gasteiger partial charge in [-0.1, -0.05) is 22.9 Å². The number of halogens is 2. The van der Waals surface area contributed by atoms with Gasteiger partial charge in [0.2, 0.25) is 10.0 Å². The molecule has 1 aromatic rings. The smallest absolute Gasteiger partial charge is 0.207 e. The van der Waals surface area contributed by atoms with Crippen LogP contribution in [0, 0.1) is 18.7 Å². The largest absolute Gasteiger partial charge is 0.241 e. The predicted molar refractivity (Wildman–Crippen MR) is 85.6 cm³/mol. The molecule has 0 heterocycles. The number of nitrogens with one attached hydrogen (secondary N) is 1. The molecular formula is C15H21BrFNO2S. The van der Waals surface area contributed by atoms with Gasteiger partial charge in [-0.05, 0) is 62.3 Å². The Morgan fingerprint density at radius 2 is 2.00 bits per heavy atom. The molecule has 1 fully saturated rings. The second-order valence-electron chi connectivity index (χ2n) is 6.11. The standard InChI is InChI=1S/C15H21BrFNO2S/c1-11-5-7-15(10-16,8-6-11)18-21(19,20)14-4-3-13(17)9-12(14)2/h3-4,9,11,18H,5-8,10H2,1-2H3. The minimum Gasteiger partial charge on any atom is -0.207 e. The fourth-order valence-electron chi connectivity index (χ4n) is 2.83. The van der Waals surface area contributed by atoms with Gasteiger partial charge in [0.25, 0.3) is 0 Å². The van der Waals surface area contributed by atoms with Crippen molar-refractivity contribution >= 4 is 26.0 Å². The highest BCUT2D eigenvalue weighted by Gasteiger charge is 2.37. The first kappa shape index (κ1) is 16.9. The van der Waals surface area contributed by atoms with Gasteiger partial charge in [-0.25, -0.2) is 17.5 Å². The monoisotopic (exact) mass is 377 g/mol. The minimum atomic E-state index is -3.64. The summed E-state index contributed by atoms with van der Waals surface area (Å²) in [5.41, 5.74) is -0.0111. The fraction of sp³-hybridized carbons (Fsp3) is 0.600. The number of alkyl halides is 1. The van der Waals surface area contributed by atoms with Crippen molar-refractivity contribution in [3.63, 3.8) is 0 Å². The third-order valence-electron chi connectivity index (χ3n) is 4.26. The lowest BCUT2D eigenvalue weighted by Crippen LogP contribution is -2.51. The Balaban J connectivity index is 2.27. The summed E-state index contributed by atoms with van der Waals surface area (Å²) in [7, 11) is -3.64. The van der Waals surface area contributed by atoms with E-state index in [1.807, 2.05) is 0 Å². The first-order valence-electron chi connectivity index (χ1n) is 7.14. The quantitative estimate of drug-likeness (QED) is 0.811. The van der Waals surface area contributed by atoms with E-state index < -0.39 is 21.4 Å². The first-order valence-corrected chi connectivity index (χ1v) is 9.74. The Bertz CT molecular complexity index is 610. The van der Waals surface area contributed by atoms with E-state index in [4.69, 9.17) is 0 Å². The molecule has 0 atom stereocenters. The molecule has 0 radical (unpaired) electrons. The maximum absolute atomic E-state index is 13.2. The lowest BCUT2D eigenvalue weighted by Gasteiger charge is -2.38. The van der Waals surface area contributed by atoms with Gasteiger partial charge in [-0.2, -0.15) is 0 Å². The third kappa shape index (κ3) is 3.85. The van der Waals surface area contributed by atoms with Crippen LogP contribution in [0.5, 0.6) is 0 Å². The molecule has 1 aliphatic carbocycles. The summed E-state index contributed by atoms with van der Waals surface area (Å²) < 4.78 is 41.3. The molecule has 3 nitrogen and oxygen atoms in total. The molecule has 0 bridgehead atoms. The lowest BCUT2D eigenvalue weighted by molar-refractivity contribution is 0.250. The van der Waals surface area contributed by atoms with Crippen LogP contribution in [-0.2, 0) is 10.0 Å². The molecule has 0 aromatic heterocycles. The molecule has 21 heavy (non-hydrogen) atoms. The van der Waals surface area contributed by atoms with Crippen molar-refractivity contribution < 1.29 is 12.8 Å². The second kappa shape index (κ2) is 6.34. The molecule has 1 aromatic carbocycles. The van der Waals surface area contributed by atoms with E-state index in [-0.39, 0.29) is 4.90 Å². The van der Waals surface area contributed by atoms with Gasteiger partial charge in [0.15, 0.2) is 0 Å². The zero-order chi connectivity index (χ0) is 15.7. The highest BCUT2D eigenvalue weighted by Crippen LogP contribution is 2.34. The van der Waals surface area contributed by atoms with Crippen LogP contribution < -0.4 is 4.72 Å². The molecular weight excluding hydrogens is 357 g/mol. The van der Waals surface area contributed by atoms with Crippen LogP contribution in [-0.4, -0.2) is 19.3 Å². The Morgan fingerprint density at radius 1 is 1.38 bits per heavy atom. The van der Waals surface area contributed by atoms with E-state index in [1.165, 1.54) is 18.2 Å². The summed E-state index contributed by atoms with van der Waals surface area (Å²) in [5.74, 6) is 0.211. The molecule has 1 aliphatic rings. The number of sulfonamides is 1. The first-order chi connectivity index (χ1) is 9.78. The topological polar surface area (TPSA) is 46.2 Å². The average molecular weight is 378 g/mol. The summed E-state index contributed by atoms with van der Waals surface area (Å²) in [6.07, 6.45) is 3.66. The van der Waals surface area contributed by atoms with Gasteiger partial charge in [0.1, 0.15) is 5.82 Å². The van der Waals surface area contributed by atoms with Crippen molar-refractivity contribution in [1.82, 2.24) is 4.72 Å². The van der Waals surface area contributed by atoms with Crippen molar-refractivity contribution in [2.24, 2.45) is 5.92 Å². The van der Waals surface area contributed by atoms with E-state index in [2.05, 4.69) is 27.6 Å². The van der Waals surface area contributed by atoms with Gasteiger partial charge < -0.3 is 0 Å². The maximum atomic E-state index is 13.2. The van der Waals surface area contributed by atoms with Gasteiger partial charge in [0, 0.05) is 10.9 Å². The second-order valence-corrected chi connectivity index (χ2v) is 8.32. The third-order valence-corrected chi connectivity index (χ3v) is 7.08. The van der Waals surface area contributed by atoms with E-state index in [9.17, 15) is 12.8 Å². The van der Waals surface area contributed by atoms with Crippen molar-refractivity contribution in [2.45, 2.75) is 50.0 Å². The predicted octanol–water partition coefficient (Wildman–Crippen LogP) is 3.76. The number of hydrogen-bond donors (Lipinski definition) is 1. The Labute approximate surface area is 134 Å². The Hall–Kier alpha value is -0.460. The molecule has 0 saturated heterocycles. The molecule has 0 unspecified atom stereocenters. The van der Waals surface area contributed by atoms with Gasteiger partial charge in [-0.15, -0.1) is 0 Å². The fourth-order valence-corrected chi connectivity index (χ4v) is 5.40. The molecule has 6 heteroatoms. The highest BCUT2D eigenvalue weighted by molar-refractivity contribution is 9.09. The summed E-state index contributed by atoms with van der Waals surface area (Å²) in [5, 5.41) is 0.589. The van der Waals surface area contributed by atoms with E-state index in [1.54, 1.807) is 6.92 Å². The normalized spacial score (nSPS) is 26.8. The van der Waals surface area contributed by atoms with Crippen molar-refractivity contribution in [2.75, 3.05) is 5.33 Å². The van der Waals surface area contributed by atoms with E-state index in [0.717, 1.165) is 25.7 Å². The highest BCUT2D eigenvalue weighted by atomic mass is 79.9. The Kier molecular flexibility index (Phi) is 5.11. The molecule has 1 saturated carbocycles. The number of aryl methyl sites for hydroxylation is 1.